The van der Waals surface area contributed by atoms with Crippen LogP contribution in [0.2, 0.25) is 0 Å². The summed E-state index contributed by atoms with van der Waals surface area (Å²) in [6, 6.07) is 0. The minimum Gasteiger partial charge on any atom is -0.330 e. The highest BCUT2D eigenvalue weighted by molar-refractivity contribution is 5.29. The average molecular weight is 177 g/mol. The van der Waals surface area contributed by atoms with Crippen LogP contribution in [-0.4, -0.2) is 26.1 Å². The van der Waals surface area contributed by atoms with Crippen LogP contribution in [0, 0.1) is 0 Å². The van der Waals surface area contributed by atoms with Gasteiger partial charge < -0.3 is 5.73 Å². The zero-order valence-corrected chi connectivity index (χ0v) is 7.38. The van der Waals surface area contributed by atoms with Crippen LogP contribution in [0.25, 0.3) is 5.78 Å². The second-order valence-corrected chi connectivity index (χ2v) is 3.02. The summed E-state index contributed by atoms with van der Waals surface area (Å²) < 4.78 is 1.84. The summed E-state index contributed by atoms with van der Waals surface area (Å²) in [5.41, 5.74) is 6.50. The second-order valence-electron chi connectivity index (χ2n) is 3.02. The quantitative estimate of drug-likeness (QED) is 0.710. The van der Waals surface area contributed by atoms with Gasteiger partial charge in [0.25, 0.3) is 5.78 Å². The van der Waals surface area contributed by atoms with Crippen LogP contribution < -0.4 is 5.73 Å². The van der Waals surface area contributed by atoms with Crippen molar-refractivity contribution in [2.45, 2.75) is 12.8 Å². The lowest BCUT2D eigenvalue weighted by molar-refractivity contribution is 0.751. The molecule has 0 aliphatic heterocycles. The lowest BCUT2D eigenvalue weighted by atomic mass is 10.1. The predicted molar refractivity (Wildman–Crippen MR) is 48.3 cm³/mol. The number of imidazole rings is 1. The fraction of sp³-hybridized carbons (Fsp3) is 0.375. The van der Waals surface area contributed by atoms with Gasteiger partial charge in [-0.3, -0.25) is 4.40 Å². The van der Waals surface area contributed by atoms with Crippen LogP contribution in [0.3, 0.4) is 0 Å². The second kappa shape index (κ2) is 3.10. The molecule has 0 fully saturated rings. The largest absolute Gasteiger partial charge is 0.330 e. The number of hydrogen-bond acceptors (Lipinski definition) is 4. The lowest BCUT2D eigenvalue weighted by Gasteiger charge is -2.01. The molecule has 13 heavy (non-hydrogen) atoms. The number of rotatable bonds is 2. The smallest absolute Gasteiger partial charge is 0.253 e. The maximum absolute atomic E-state index is 5.54. The van der Waals surface area contributed by atoms with Crippen molar-refractivity contribution in [3.05, 3.63) is 24.3 Å². The zero-order valence-electron chi connectivity index (χ0n) is 7.38. The van der Waals surface area contributed by atoms with Gasteiger partial charge in [0, 0.05) is 24.9 Å². The first-order valence-corrected chi connectivity index (χ1v) is 4.17. The Balaban J connectivity index is 2.49. The maximum atomic E-state index is 5.54. The van der Waals surface area contributed by atoms with E-state index in [0.29, 0.717) is 12.3 Å². The number of hydrogen-bond donors (Lipinski definition) is 1. The van der Waals surface area contributed by atoms with E-state index < -0.39 is 0 Å². The van der Waals surface area contributed by atoms with E-state index >= 15 is 0 Å². The van der Waals surface area contributed by atoms with Crippen molar-refractivity contribution in [2.75, 3.05) is 6.54 Å². The van der Waals surface area contributed by atoms with E-state index in [0.717, 1.165) is 5.69 Å². The molecule has 0 aliphatic rings. The predicted octanol–water partition coefficient (Wildman–Crippen LogP) is 0.186. The van der Waals surface area contributed by atoms with Gasteiger partial charge in [0.2, 0.25) is 0 Å². The molecule has 5 heteroatoms. The van der Waals surface area contributed by atoms with Crippen molar-refractivity contribution in [1.29, 1.82) is 0 Å². The number of fused-ring (bicyclic) bond motifs is 1. The summed E-state index contributed by atoms with van der Waals surface area (Å²) in [6.07, 6.45) is 5.38. The van der Waals surface area contributed by atoms with Crippen LogP contribution in [0.15, 0.2) is 18.6 Å². The summed E-state index contributed by atoms with van der Waals surface area (Å²) in [7, 11) is 0. The Bertz CT molecular complexity index is 375. The van der Waals surface area contributed by atoms with Gasteiger partial charge in [-0.1, -0.05) is 6.92 Å². The van der Waals surface area contributed by atoms with E-state index in [1.165, 1.54) is 0 Å². The van der Waals surface area contributed by atoms with E-state index in [4.69, 9.17) is 5.73 Å². The van der Waals surface area contributed by atoms with E-state index in [2.05, 4.69) is 15.2 Å². The van der Waals surface area contributed by atoms with Crippen molar-refractivity contribution in [2.24, 2.45) is 5.73 Å². The summed E-state index contributed by atoms with van der Waals surface area (Å²) in [5, 5.41) is 7.63. The summed E-state index contributed by atoms with van der Waals surface area (Å²) in [4.78, 5) is 4.29. The van der Waals surface area contributed by atoms with Gasteiger partial charge in [0.15, 0.2) is 0 Å². The Hall–Kier alpha value is -1.49. The third-order valence-electron chi connectivity index (χ3n) is 2.03. The molecular weight excluding hydrogens is 166 g/mol. The molecular formula is C8H11N5. The first-order chi connectivity index (χ1) is 6.31. The molecule has 2 N–H and O–H groups in total. The number of aromatic nitrogens is 4. The molecule has 0 radical (unpaired) electrons. The van der Waals surface area contributed by atoms with Crippen LogP contribution in [0.4, 0.5) is 0 Å². The average Bonchev–Trinajstić information content (AvgIpc) is 2.59. The van der Waals surface area contributed by atoms with Gasteiger partial charge in [-0.05, 0) is 0 Å². The first kappa shape index (κ1) is 8.12. The summed E-state index contributed by atoms with van der Waals surface area (Å²) in [5.74, 6) is 0.888. The molecule has 2 aromatic heterocycles. The van der Waals surface area contributed by atoms with Crippen molar-refractivity contribution in [1.82, 2.24) is 19.6 Å². The van der Waals surface area contributed by atoms with E-state index in [1.807, 2.05) is 23.7 Å². The fourth-order valence-electron chi connectivity index (χ4n) is 1.13. The molecule has 0 bridgehead atoms. The Morgan fingerprint density at radius 1 is 1.62 bits per heavy atom. The monoisotopic (exact) mass is 177 g/mol. The van der Waals surface area contributed by atoms with Gasteiger partial charge in [0.05, 0.1) is 11.9 Å². The van der Waals surface area contributed by atoms with E-state index in [9.17, 15) is 0 Å². The Labute approximate surface area is 75.6 Å². The van der Waals surface area contributed by atoms with Crippen LogP contribution >= 0.6 is 0 Å². The van der Waals surface area contributed by atoms with Crippen molar-refractivity contribution < 1.29 is 0 Å². The van der Waals surface area contributed by atoms with Gasteiger partial charge >= 0.3 is 0 Å². The third-order valence-corrected chi connectivity index (χ3v) is 2.03. The minimum absolute atomic E-state index is 0.265. The normalized spacial score (nSPS) is 13.4. The molecule has 5 nitrogen and oxygen atoms in total. The molecule has 1 unspecified atom stereocenters. The summed E-state index contributed by atoms with van der Waals surface area (Å²) >= 11 is 0. The van der Waals surface area contributed by atoms with E-state index in [1.54, 1.807) is 6.20 Å². The highest BCUT2D eigenvalue weighted by Crippen LogP contribution is 2.11. The topological polar surface area (TPSA) is 69.1 Å². The molecule has 0 spiro atoms. The molecule has 68 valence electrons. The minimum atomic E-state index is 0.265. The third kappa shape index (κ3) is 1.38. The molecule has 2 rings (SSSR count). The van der Waals surface area contributed by atoms with Gasteiger partial charge in [0.1, 0.15) is 0 Å². The molecule has 2 aromatic rings. The van der Waals surface area contributed by atoms with Gasteiger partial charge in [-0.25, -0.2) is 4.98 Å². The zero-order chi connectivity index (χ0) is 9.26. The Morgan fingerprint density at radius 3 is 3.15 bits per heavy atom. The molecule has 0 saturated heterocycles. The number of nitrogens with two attached hydrogens (primary N) is 1. The standard InChI is InChI=1S/C8H11N5/c1-6(4-9)7-5-13-3-2-10-12-8(13)11-7/h2-3,5-6H,4,9H2,1H3. The Morgan fingerprint density at radius 2 is 2.46 bits per heavy atom. The van der Waals surface area contributed by atoms with Crippen LogP contribution in [-0.2, 0) is 0 Å². The molecule has 0 saturated carbocycles. The Kier molecular flexibility index (Phi) is 1.94. The summed E-state index contributed by atoms with van der Waals surface area (Å²) in [6.45, 7) is 2.63. The van der Waals surface area contributed by atoms with Crippen LogP contribution in [0.1, 0.15) is 18.5 Å². The molecule has 0 amide bonds. The van der Waals surface area contributed by atoms with Gasteiger partial charge in [-0.2, -0.15) is 5.10 Å². The maximum Gasteiger partial charge on any atom is 0.253 e. The lowest BCUT2D eigenvalue weighted by Crippen LogP contribution is -2.08. The first-order valence-electron chi connectivity index (χ1n) is 4.17. The van der Waals surface area contributed by atoms with Crippen molar-refractivity contribution in [3.63, 3.8) is 0 Å². The molecule has 1 atom stereocenters. The highest BCUT2D eigenvalue weighted by Gasteiger charge is 2.08. The van der Waals surface area contributed by atoms with Gasteiger partial charge in [-0.15, -0.1) is 5.10 Å². The van der Waals surface area contributed by atoms with E-state index in [-0.39, 0.29) is 5.92 Å². The van der Waals surface area contributed by atoms with Crippen molar-refractivity contribution in [3.8, 4) is 0 Å². The number of nitrogens with zero attached hydrogens (tertiary/aromatic N) is 4. The molecule has 0 aliphatic carbocycles. The fourth-order valence-corrected chi connectivity index (χ4v) is 1.13. The molecule has 0 aromatic carbocycles. The van der Waals surface area contributed by atoms with Crippen molar-refractivity contribution >= 4 is 5.78 Å². The SMILES string of the molecule is CC(CN)c1cn2ccnnc2n1. The molecule has 2 heterocycles. The highest BCUT2D eigenvalue weighted by atomic mass is 15.2. The van der Waals surface area contributed by atoms with Crippen LogP contribution in [0.5, 0.6) is 0 Å².